The molecule has 0 aliphatic carbocycles. The van der Waals surface area contributed by atoms with E-state index in [1.807, 2.05) is 0 Å². The number of hydrogen-bond acceptors (Lipinski definition) is 2. The number of aromatic amines is 2. The smallest absolute Gasteiger partial charge is 0.293 e. The summed E-state index contributed by atoms with van der Waals surface area (Å²) in [5, 5.41) is 0. The van der Waals surface area contributed by atoms with E-state index < -0.39 is 0 Å². The van der Waals surface area contributed by atoms with E-state index >= 15 is 0 Å². The first-order valence-corrected chi connectivity index (χ1v) is 4.33. The molecule has 0 bridgehead atoms. The third-order valence-corrected chi connectivity index (χ3v) is 1.64. The summed E-state index contributed by atoms with van der Waals surface area (Å²) in [7, 11) is 0. The summed E-state index contributed by atoms with van der Waals surface area (Å²) in [6, 6.07) is 0. The van der Waals surface area contributed by atoms with Crippen molar-refractivity contribution in [3.63, 3.8) is 0 Å². The van der Waals surface area contributed by atoms with Crippen molar-refractivity contribution < 1.29 is 0 Å². The lowest BCUT2D eigenvalue weighted by molar-refractivity contribution is 1.32. The van der Waals surface area contributed by atoms with Crippen LogP contribution in [0.1, 0.15) is 0 Å². The van der Waals surface area contributed by atoms with Crippen LogP contribution in [0.15, 0.2) is 12.7 Å². The van der Waals surface area contributed by atoms with Gasteiger partial charge in [-0.2, -0.15) is 0 Å². The molecule has 0 radical (unpaired) electrons. The van der Waals surface area contributed by atoms with Crippen molar-refractivity contribution in [1.29, 1.82) is 0 Å². The molecule has 0 aromatic carbocycles. The van der Waals surface area contributed by atoms with Gasteiger partial charge in [0.1, 0.15) is 0 Å². The Bertz CT molecular complexity index is 575. The molecule has 8 heteroatoms. The Morgan fingerprint density at radius 1 is 0.722 bits per heavy atom. The van der Waals surface area contributed by atoms with Crippen molar-refractivity contribution in [2.45, 2.75) is 0 Å². The van der Waals surface area contributed by atoms with E-state index in [1.165, 1.54) is 12.7 Å². The van der Waals surface area contributed by atoms with Crippen LogP contribution < -0.4 is 0 Å². The van der Waals surface area contributed by atoms with Crippen molar-refractivity contribution in [3.8, 4) is 0 Å². The minimum Gasteiger partial charge on any atom is -0.373 e. The van der Waals surface area contributed by atoms with Gasteiger partial charge < -0.3 is 19.4 Å². The molecule has 0 saturated carbocycles. The van der Waals surface area contributed by atoms with Crippen LogP contribution in [0.25, 0.3) is 19.4 Å². The van der Waals surface area contributed by atoms with Crippen molar-refractivity contribution >= 4 is 23.3 Å². The molecule has 0 unspecified atom stereocenters. The van der Waals surface area contributed by atoms with Gasteiger partial charge in [0.25, 0.3) is 35.9 Å². The Balaban J connectivity index is 0.000000180. The molecular weight excluding hydrogens is 232 g/mol. The maximum atomic E-state index is 6.51. The minimum absolute atomic E-state index is 0.144. The molecule has 0 saturated heterocycles. The van der Waals surface area contributed by atoms with Gasteiger partial charge in [-0.1, -0.05) is 36.3 Å². The zero-order valence-corrected chi connectivity index (χ0v) is 8.84. The molecule has 0 atom stereocenters. The summed E-state index contributed by atoms with van der Waals surface area (Å²) < 4.78 is 0. The van der Waals surface area contributed by atoms with Gasteiger partial charge in [0.15, 0.2) is 0 Å². The van der Waals surface area contributed by atoms with E-state index in [-0.39, 0.29) is 23.3 Å². The van der Waals surface area contributed by atoms with Gasteiger partial charge in [-0.25, -0.2) is 0 Å². The fraction of sp³-hybridized carbons (Fsp3) is 0. The Morgan fingerprint density at radius 3 is 1.33 bits per heavy atom. The van der Waals surface area contributed by atoms with Crippen molar-refractivity contribution in [2.24, 2.45) is 0 Å². The molecule has 0 aliphatic heterocycles. The molecule has 0 amide bonds. The lowest BCUT2D eigenvalue weighted by Gasteiger charge is -1.78. The lowest BCUT2D eigenvalue weighted by Crippen LogP contribution is -1.53. The molecule has 2 aromatic rings. The molecular formula is C10H4N8. The molecule has 18 heavy (non-hydrogen) atoms. The van der Waals surface area contributed by atoms with Gasteiger partial charge in [0.2, 0.25) is 0 Å². The maximum Gasteiger partial charge on any atom is 0.293 e. The minimum atomic E-state index is 0.144. The van der Waals surface area contributed by atoms with Crippen LogP contribution in [-0.2, 0) is 0 Å². The van der Waals surface area contributed by atoms with Gasteiger partial charge in [0, 0.05) is 0 Å². The molecule has 84 valence electrons. The SMILES string of the molecule is [C-]#[N+]c1nc[nH]c1[N+]#[C-].[C-]#[N+]c1nc[nH]c1[N+]#[C-]. The van der Waals surface area contributed by atoms with E-state index in [4.69, 9.17) is 26.3 Å². The van der Waals surface area contributed by atoms with E-state index in [1.54, 1.807) is 0 Å². The van der Waals surface area contributed by atoms with Crippen LogP contribution in [0.4, 0.5) is 23.3 Å². The largest absolute Gasteiger partial charge is 0.373 e. The van der Waals surface area contributed by atoms with Gasteiger partial charge in [-0.3, -0.25) is 9.97 Å². The average Bonchev–Trinajstić information content (AvgIpc) is 3.06. The highest BCUT2D eigenvalue weighted by atomic mass is 15.1. The highest BCUT2D eigenvalue weighted by Crippen LogP contribution is 2.21. The molecule has 2 N–H and O–H groups in total. The third kappa shape index (κ3) is 2.70. The van der Waals surface area contributed by atoms with E-state index in [0.29, 0.717) is 0 Å². The van der Waals surface area contributed by atoms with Crippen molar-refractivity contribution in [2.75, 3.05) is 0 Å². The molecule has 0 spiro atoms. The Morgan fingerprint density at radius 2 is 1.11 bits per heavy atom. The summed E-state index contributed by atoms with van der Waals surface area (Å²) in [5.41, 5.74) is 0. The first-order chi connectivity index (χ1) is 8.76. The fourth-order valence-corrected chi connectivity index (χ4v) is 0.889. The Hall–Kier alpha value is -3.62. The second kappa shape index (κ2) is 6.07. The number of nitrogens with one attached hydrogen (secondary N) is 2. The van der Waals surface area contributed by atoms with Crippen LogP contribution in [0.2, 0.25) is 0 Å². The summed E-state index contributed by atoms with van der Waals surface area (Å²) in [6.07, 6.45) is 2.67. The molecule has 2 rings (SSSR count). The zero-order valence-electron chi connectivity index (χ0n) is 8.84. The summed E-state index contributed by atoms with van der Waals surface area (Å²) in [6.45, 7) is 26.0. The van der Waals surface area contributed by atoms with Gasteiger partial charge in [-0.15, -0.1) is 0 Å². The normalized spacial score (nSPS) is 7.78. The topological polar surface area (TPSA) is 74.8 Å². The van der Waals surface area contributed by atoms with Crippen molar-refractivity contribution in [1.82, 2.24) is 19.9 Å². The summed E-state index contributed by atoms with van der Waals surface area (Å²) in [5.74, 6) is 0.713. The molecule has 8 nitrogen and oxygen atoms in total. The zero-order chi connectivity index (χ0) is 13.4. The molecule has 2 heterocycles. The predicted molar refractivity (Wildman–Crippen MR) is 62.2 cm³/mol. The number of imidazole rings is 2. The van der Waals surface area contributed by atoms with Crippen LogP contribution >= 0.6 is 0 Å². The predicted octanol–water partition coefficient (Wildman–Crippen LogP) is 3.02. The maximum absolute atomic E-state index is 6.51. The van der Waals surface area contributed by atoms with Crippen LogP contribution in [0.5, 0.6) is 0 Å². The fourth-order valence-electron chi connectivity index (χ4n) is 0.889. The molecule has 0 fully saturated rings. The quantitative estimate of drug-likeness (QED) is 0.690. The third-order valence-electron chi connectivity index (χ3n) is 1.64. The standard InChI is InChI=1S/2C5H2N4/c2*1-6-4-5(7-2)9-3-8-4/h2*3H,(H,8,9). The first kappa shape index (κ1) is 12.4. The van der Waals surface area contributed by atoms with E-state index in [0.717, 1.165) is 0 Å². The summed E-state index contributed by atoms with van der Waals surface area (Å²) in [4.78, 5) is 24.2. The van der Waals surface area contributed by atoms with Gasteiger partial charge in [-0.05, 0) is 0 Å². The van der Waals surface area contributed by atoms with Crippen LogP contribution in [-0.4, -0.2) is 19.9 Å². The average molecular weight is 236 g/mol. The highest BCUT2D eigenvalue weighted by molar-refractivity contribution is 5.61. The monoisotopic (exact) mass is 236 g/mol. The van der Waals surface area contributed by atoms with Crippen molar-refractivity contribution in [3.05, 3.63) is 58.3 Å². The van der Waals surface area contributed by atoms with Gasteiger partial charge >= 0.3 is 0 Å². The number of H-pyrrole nitrogens is 2. The molecule has 0 aliphatic rings. The number of rotatable bonds is 0. The number of nitrogens with zero attached hydrogens (tertiary/aromatic N) is 6. The second-order valence-electron chi connectivity index (χ2n) is 2.60. The Labute approximate surface area is 102 Å². The van der Waals surface area contributed by atoms with Gasteiger partial charge in [0.05, 0.1) is 0 Å². The number of aromatic nitrogens is 4. The first-order valence-electron chi connectivity index (χ1n) is 4.33. The van der Waals surface area contributed by atoms with E-state index in [2.05, 4.69) is 39.3 Å². The summed E-state index contributed by atoms with van der Waals surface area (Å²) >= 11 is 0. The Kier molecular flexibility index (Phi) is 4.20. The highest BCUT2D eigenvalue weighted by Gasteiger charge is 2.02. The van der Waals surface area contributed by atoms with Crippen LogP contribution in [0, 0.1) is 26.3 Å². The second-order valence-corrected chi connectivity index (χ2v) is 2.60. The number of hydrogen-bond donors (Lipinski definition) is 2. The molecule has 2 aromatic heterocycles. The van der Waals surface area contributed by atoms with E-state index in [9.17, 15) is 0 Å². The lowest BCUT2D eigenvalue weighted by atomic mass is 10.7. The van der Waals surface area contributed by atoms with Crippen LogP contribution in [0.3, 0.4) is 0 Å².